The summed E-state index contributed by atoms with van der Waals surface area (Å²) in [6.07, 6.45) is 0.331. The van der Waals surface area contributed by atoms with E-state index in [1.54, 1.807) is 43.0 Å². The zero-order valence-electron chi connectivity index (χ0n) is 16.7. The van der Waals surface area contributed by atoms with Crippen molar-refractivity contribution in [3.05, 3.63) is 54.1 Å². The van der Waals surface area contributed by atoms with Gasteiger partial charge in [-0.15, -0.1) is 11.8 Å². The molecule has 0 unspecified atom stereocenters. The molecule has 0 fully saturated rings. The van der Waals surface area contributed by atoms with E-state index in [-0.39, 0.29) is 29.7 Å². The van der Waals surface area contributed by atoms with E-state index in [1.807, 2.05) is 38.1 Å². The molecule has 6 nitrogen and oxygen atoms in total. The van der Waals surface area contributed by atoms with Crippen LogP contribution >= 0.6 is 11.8 Å². The molecule has 0 atom stereocenters. The van der Waals surface area contributed by atoms with E-state index >= 15 is 0 Å². The summed E-state index contributed by atoms with van der Waals surface area (Å²) in [5, 5.41) is 2.77. The predicted octanol–water partition coefficient (Wildman–Crippen LogP) is 4.11. The van der Waals surface area contributed by atoms with Crippen LogP contribution in [0.15, 0.2) is 53.4 Å². The summed E-state index contributed by atoms with van der Waals surface area (Å²) in [6.45, 7) is 5.96. The number of anilines is 2. The maximum Gasteiger partial charge on any atom is 0.338 e. The lowest BCUT2D eigenvalue weighted by Gasteiger charge is -2.22. The summed E-state index contributed by atoms with van der Waals surface area (Å²) in [5.74, 6) is -0.874. The molecule has 1 aliphatic heterocycles. The number of hydrogen-bond acceptors (Lipinski definition) is 5. The van der Waals surface area contributed by atoms with Crippen LogP contribution < -0.4 is 10.2 Å². The Morgan fingerprint density at radius 1 is 1.17 bits per heavy atom. The van der Waals surface area contributed by atoms with Crippen molar-refractivity contribution >= 4 is 40.9 Å². The van der Waals surface area contributed by atoms with Crippen molar-refractivity contribution < 1.29 is 19.1 Å². The molecule has 0 aliphatic carbocycles. The summed E-state index contributed by atoms with van der Waals surface area (Å²) in [6, 6.07) is 14.2. The van der Waals surface area contributed by atoms with Crippen molar-refractivity contribution in [3.63, 3.8) is 0 Å². The molecule has 1 heterocycles. The molecule has 0 saturated heterocycles. The van der Waals surface area contributed by atoms with E-state index in [2.05, 4.69) is 5.32 Å². The number of amides is 2. The Hall–Kier alpha value is -2.80. The minimum absolute atomic E-state index is 0.0946. The predicted molar refractivity (Wildman–Crippen MR) is 114 cm³/mol. The second-order valence-corrected chi connectivity index (χ2v) is 9.08. The van der Waals surface area contributed by atoms with E-state index in [0.29, 0.717) is 17.7 Å². The normalized spacial score (nSPS) is 15.3. The number of fused-ring (bicyclic) bond motifs is 1. The molecule has 2 aromatic rings. The molecular formula is C22H24N2O4S. The Balaban J connectivity index is 1.78. The third-order valence-electron chi connectivity index (χ3n) is 4.38. The summed E-state index contributed by atoms with van der Waals surface area (Å²) in [4.78, 5) is 39.9. The summed E-state index contributed by atoms with van der Waals surface area (Å²) in [7, 11) is 0. The summed E-state index contributed by atoms with van der Waals surface area (Å²) >= 11 is 1.64. The third kappa shape index (κ3) is 5.17. The highest BCUT2D eigenvalue weighted by Gasteiger charge is 2.33. The second kappa shape index (κ2) is 8.69. The minimum Gasteiger partial charge on any atom is -0.462 e. The van der Waals surface area contributed by atoms with Gasteiger partial charge >= 0.3 is 5.97 Å². The van der Waals surface area contributed by atoms with Gasteiger partial charge in [0.15, 0.2) is 0 Å². The van der Waals surface area contributed by atoms with Crippen LogP contribution in [0.25, 0.3) is 0 Å². The van der Waals surface area contributed by atoms with Crippen LogP contribution in [-0.4, -0.2) is 35.7 Å². The first-order valence-corrected chi connectivity index (χ1v) is 10.3. The molecule has 0 aromatic heterocycles. The van der Waals surface area contributed by atoms with Gasteiger partial charge in [-0.2, -0.15) is 0 Å². The van der Waals surface area contributed by atoms with Crippen LogP contribution in [-0.2, 0) is 14.3 Å². The van der Waals surface area contributed by atoms with Gasteiger partial charge in [-0.3, -0.25) is 9.59 Å². The molecule has 152 valence electrons. The lowest BCUT2D eigenvalue weighted by atomic mass is 10.1. The van der Waals surface area contributed by atoms with E-state index in [4.69, 9.17) is 4.74 Å². The van der Waals surface area contributed by atoms with E-state index in [9.17, 15) is 14.4 Å². The Bertz CT molecular complexity index is 942. The Kier molecular flexibility index (Phi) is 6.27. The first-order chi connectivity index (χ1) is 13.8. The minimum atomic E-state index is -0.445. The number of para-hydroxylation sites is 1. The number of ether oxygens (including phenoxy) is 1. The number of esters is 1. The molecule has 0 saturated carbocycles. The van der Waals surface area contributed by atoms with Crippen LogP contribution in [0.5, 0.6) is 0 Å². The molecule has 0 bridgehead atoms. The number of nitrogens with zero attached hydrogens (tertiary/aromatic N) is 1. The zero-order chi connectivity index (χ0) is 21.0. The molecular weight excluding hydrogens is 388 g/mol. The Morgan fingerprint density at radius 3 is 2.69 bits per heavy atom. The van der Waals surface area contributed by atoms with Crippen LogP contribution in [0, 0.1) is 0 Å². The summed E-state index contributed by atoms with van der Waals surface area (Å²) in [5.41, 5.74) is 1.58. The average molecular weight is 413 g/mol. The fraction of sp³-hybridized carbons (Fsp3) is 0.318. The number of carbonyl (C=O) groups is 3. The van der Waals surface area contributed by atoms with Crippen molar-refractivity contribution in [2.45, 2.75) is 36.8 Å². The number of hydrogen-bond donors (Lipinski definition) is 1. The molecule has 2 amide bonds. The highest BCUT2D eigenvalue weighted by molar-refractivity contribution is 8.00. The van der Waals surface area contributed by atoms with Crippen molar-refractivity contribution in [2.75, 3.05) is 23.4 Å². The van der Waals surface area contributed by atoms with Crippen molar-refractivity contribution in [1.82, 2.24) is 0 Å². The second-order valence-electron chi connectivity index (χ2n) is 7.34. The van der Waals surface area contributed by atoms with E-state index in [1.165, 1.54) is 4.90 Å². The van der Waals surface area contributed by atoms with E-state index in [0.717, 1.165) is 10.6 Å². The lowest BCUT2D eigenvalue weighted by Crippen LogP contribution is -2.39. The van der Waals surface area contributed by atoms with Crippen LogP contribution in [0.4, 0.5) is 11.4 Å². The van der Waals surface area contributed by atoms with Crippen molar-refractivity contribution in [2.24, 2.45) is 0 Å². The molecule has 1 N–H and O–H groups in total. The van der Waals surface area contributed by atoms with Crippen LogP contribution in [0.2, 0.25) is 0 Å². The average Bonchev–Trinajstić information content (AvgIpc) is 2.75. The maximum absolute atomic E-state index is 12.9. The van der Waals surface area contributed by atoms with Gasteiger partial charge in [-0.25, -0.2) is 4.79 Å². The fourth-order valence-electron chi connectivity index (χ4n) is 3.15. The van der Waals surface area contributed by atoms with Gasteiger partial charge in [0.05, 0.1) is 17.9 Å². The number of nitrogens with one attached hydrogen (secondary N) is 1. The highest BCUT2D eigenvalue weighted by atomic mass is 32.2. The highest BCUT2D eigenvalue weighted by Crippen LogP contribution is 2.43. The third-order valence-corrected chi connectivity index (χ3v) is 5.64. The maximum atomic E-state index is 12.9. The number of carbonyl (C=O) groups excluding carboxylic acids is 3. The SMILES string of the molecule is CCOC(=O)c1cccc(NC(=O)CN2C(=O)CC(C)(C)Sc3ccccc32)c1. The van der Waals surface area contributed by atoms with Crippen LogP contribution in [0.3, 0.4) is 0 Å². The largest absolute Gasteiger partial charge is 0.462 e. The monoisotopic (exact) mass is 412 g/mol. The van der Waals surface area contributed by atoms with Gasteiger partial charge in [0, 0.05) is 21.8 Å². The van der Waals surface area contributed by atoms with Gasteiger partial charge in [0.1, 0.15) is 6.54 Å². The van der Waals surface area contributed by atoms with Gasteiger partial charge in [-0.05, 0) is 51.1 Å². The quantitative estimate of drug-likeness (QED) is 0.748. The van der Waals surface area contributed by atoms with Crippen molar-refractivity contribution in [1.29, 1.82) is 0 Å². The van der Waals surface area contributed by atoms with E-state index < -0.39 is 5.97 Å². The molecule has 7 heteroatoms. The fourth-order valence-corrected chi connectivity index (χ4v) is 4.37. The van der Waals surface area contributed by atoms with Gasteiger partial charge in [0.2, 0.25) is 11.8 Å². The first kappa shape index (κ1) is 20.9. The number of thioether (sulfide) groups is 1. The van der Waals surface area contributed by atoms with Gasteiger partial charge in [-0.1, -0.05) is 18.2 Å². The molecule has 1 aliphatic rings. The first-order valence-electron chi connectivity index (χ1n) is 9.44. The zero-order valence-corrected chi connectivity index (χ0v) is 17.5. The molecule has 3 rings (SSSR count). The molecule has 2 aromatic carbocycles. The topological polar surface area (TPSA) is 75.7 Å². The summed E-state index contributed by atoms with van der Waals surface area (Å²) < 4.78 is 4.73. The molecule has 0 spiro atoms. The number of rotatable bonds is 5. The molecule has 29 heavy (non-hydrogen) atoms. The van der Waals surface area contributed by atoms with Gasteiger partial charge in [0.25, 0.3) is 0 Å². The Labute approximate surface area is 174 Å². The lowest BCUT2D eigenvalue weighted by molar-refractivity contribution is -0.121. The Morgan fingerprint density at radius 2 is 1.93 bits per heavy atom. The van der Waals surface area contributed by atoms with Gasteiger partial charge < -0.3 is 15.0 Å². The van der Waals surface area contributed by atoms with Crippen molar-refractivity contribution in [3.8, 4) is 0 Å². The van der Waals surface area contributed by atoms with Crippen LogP contribution in [0.1, 0.15) is 37.6 Å². The smallest absolute Gasteiger partial charge is 0.338 e. The molecule has 0 radical (unpaired) electrons. The number of benzene rings is 2. The standard InChI is InChI=1S/C22H24N2O4S/c1-4-28-21(27)15-8-7-9-16(12-15)23-19(25)14-24-17-10-5-6-11-18(17)29-22(2,3)13-20(24)26/h5-12H,4,13-14H2,1-3H3,(H,23,25).